The Hall–Kier alpha value is -0.630. The number of rotatable bonds is 2. The molecule has 56 valence electrons. The van der Waals surface area contributed by atoms with Crippen LogP contribution in [0.25, 0.3) is 0 Å². The van der Waals surface area contributed by atoms with Gasteiger partial charge in [0.25, 0.3) is 0 Å². The largest absolute Gasteiger partial charge is 0.367 e. The fourth-order valence-electron chi connectivity index (χ4n) is 1.14. The summed E-state index contributed by atoms with van der Waals surface area (Å²) in [5.41, 5.74) is 0. The molecule has 0 amide bonds. The third-order valence-electron chi connectivity index (χ3n) is 1.75. The Morgan fingerprint density at radius 1 is 1.70 bits per heavy atom. The van der Waals surface area contributed by atoms with E-state index in [-0.39, 0.29) is 18.0 Å². The fraction of sp³-hybridized carbons (Fsp3) is 0.625. The van der Waals surface area contributed by atoms with Crippen LogP contribution in [0.15, 0.2) is 12.7 Å². The van der Waals surface area contributed by atoms with Crippen molar-refractivity contribution in [3.63, 3.8) is 0 Å². The van der Waals surface area contributed by atoms with E-state index in [4.69, 9.17) is 4.74 Å². The molecule has 1 fully saturated rings. The van der Waals surface area contributed by atoms with E-state index in [1.165, 1.54) is 6.08 Å². The average molecular weight is 140 g/mol. The first-order valence-electron chi connectivity index (χ1n) is 3.55. The number of carbonyl (C=O) groups excluding carboxylic acids is 1. The molecule has 2 unspecified atom stereocenters. The van der Waals surface area contributed by atoms with Crippen molar-refractivity contribution in [3.05, 3.63) is 12.7 Å². The van der Waals surface area contributed by atoms with Gasteiger partial charge in [-0.3, -0.25) is 4.79 Å². The van der Waals surface area contributed by atoms with Crippen molar-refractivity contribution in [2.45, 2.75) is 32.0 Å². The second kappa shape index (κ2) is 2.97. The van der Waals surface area contributed by atoms with E-state index in [0.717, 1.165) is 12.8 Å². The predicted molar refractivity (Wildman–Crippen MR) is 38.8 cm³/mol. The van der Waals surface area contributed by atoms with Crippen LogP contribution in [0, 0.1) is 0 Å². The molecule has 2 atom stereocenters. The standard InChI is InChI=1S/C8H12O2/c1-3-7(9)8-5-4-6(2)10-8/h3,6,8H,1,4-5H2,2H3. The Kier molecular flexibility index (Phi) is 2.22. The predicted octanol–water partition coefficient (Wildman–Crippen LogP) is 1.31. The van der Waals surface area contributed by atoms with E-state index in [1.807, 2.05) is 6.92 Å². The monoisotopic (exact) mass is 140 g/mol. The molecule has 1 heterocycles. The minimum Gasteiger partial charge on any atom is -0.367 e. The molecule has 0 spiro atoms. The maximum absolute atomic E-state index is 10.9. The average Bonchev–Trinajstić information content (AvgIpc) is 2.34. The van der Waals surface area contributed by atoms with Crippen molar-refractivity contribution in [1.29, 1.82) is 0 Å². The van der Waals surface area contributed by atoms with E-state index >= 15 is 0 Å². The number of hydrogen-bond donors (Lipinski definition) is 0. The van der Waals surface area contributed by atoms with Crippen LogP contribution < -0.4 is 0 Å². The molecule has 0 radical (unpaired) electrons. The van der Waals surface area contributed by atoms with Crippen molar-refractivity contribution < 1.29 is 9.53 Å². The molecule has 0 aliphatic carbocycles. The summed E-state index contributed by atoms with van der Waals surface area (Å²) in [6, 6.07) is 0. The zero-order valence-electron chi connectivity index (χ0n) is 6.17. The molecule has 1 rings (SSSR count). The summed E-state index contributed by atoms with van der Waals surface area (Å²) in [5.74, 6) is 0.0179. The SMILES string of the molecule is C=CC(=O)C1CCC(C)O1. The van der Waals surface area contributed by atoms with E-state index in [9.17, 15) is 4.79 Å². The number of hydrogen-bond acceptors (Lipinski definition) is 2. The summed E-state index contributed by atoms with van der Waals surface area (Å²) in [6.07, 6.45) is 3.22. The molecule has 0 aromatic heterocycles. The third-order valence-corrected chi connectivity index (χ3v) is 1.75. The van der Waals surface area contributed by atoms with Crippen LogP contribution >= 0.6 is 0 Å². The number of carbonyl (C=O) groups is 1. The molecule has 2 heteroatoms. The highest BCUT2D eigenvalue weighted by Gasteiger charge is 2.25. The van der Waals surface area contributed by atoms with Gasteiger partial charge in [0.1, 0.15) is 6.10 Å². The highest BCUT2D eigenvalue weighted by molar-refractivity contribution is 5.93. The Morgan fingerprint density at radius 3 is 2.80 bits per heavy atom. The first-order valence-corrected chi connectivity index (χ1v) is 3.55. The number of ether oxygens (including phenoxy) is 1. The molecule has 0 N–H and O–H groups in total. The summed E-state index contributed by atoms with van der Waals surface area (Å²) < 4.78 is 5.29. The van der Waals surface area contributed by atoms with Crippen molar-refractivity contribution in [2.75, 3.05) is 0 Å². The second-order valence-corrected chi connectivity index (χ2v) is 2.62. The lowest BCUT2D eigenvalue weighted by Crippen LogP contribution is -2.17. The first-order chi connectivity index (χ1) is 4.74. The molecule has 2 nitrogen and oxygen atoms in total. The summed E-state index contributed by atoms with van der Waals surface area (Å²) in [6.45, 7) is 5.38. The summed E-state index contributed by atoms with van der Waals surface area (Å²) in [7, 11) is 0. The van der Waals surface area contributed by atoms with Crippen molar-refractivity contribution in [3.8, 4) is 0 Å². The highest BCUT2D eigenvalue weighted by Crippen LogP contribution is 2.19. The van der Waals surface area contributed by atoms with Gasteiger partial charge in [0.05, 0.1) is 6.10 Å². The highest BCUT2D eigenvalue weighted by atomic mass is 16.5. The minimum atomic E-state index is -0.201. The van der Waals surface area contributed by atoms with Gasteiger partial charge in [-0.2, -0.15) is 0 Å². The smallest absolute Gasteiger partial charge is 0.183 e. The van der Waals surface area contributed by atoms with Gasteiger partial charge in [0, 0.05) is 0 Å². The van der Waals surface area contributed by atoms with Gasteiger partial charge in [-0.1, -0.05) is 6.58 Å². The molecule has 0 saturated carbocycles. The molecule has 0 bridgehead atoms. The van der Waals surface area contributed by atoms with Crippen LogP contribution in [-0.2, 0) is 9.53 Å². The molecule has 1 saturated heterocycles. The lowest BCUT2D eigenvalue weighted by molar-refractivity contribution is -0.124. The lowest BCUT2D eigenvalue weighted by atomic mass is 10.1. The zero-order chi connectivity index (χ0) is 7.56. The zero-order valence-corrected chi connectivity index (χ0v) is 6.17. The van der Waals surface area contributed by atoms with Gasteiger partial charge in [-0.15, -0.1) is 0 Å². The van der Waals surface area contributed by atoms with Gasteiger partial charge in [0.15, 0.2) is 5.78 Å². The second-order valence-electron chi connectivity index (χ2n) is 2.62. The van der Waals surface area contributed by atoms with E-state index < -0.39 is 0 Å². The molecule has 1 aliphatic rings. The fourth-order valence-corrected chi connectivity index (χ4v) is 1.14. The van der Waals surface area contributed by atoms with Crippen LogP contribution in [0.5, 0.6) is 0 Å². The molecule has 1 aliphatic heterocycles. The van der Waals surface area contributed by atoms with Gasteiger partial charge >= 0.3 is 0 Å². The minimum absolute atomic E-state index is 0.0179. The molecule has 10 heavy (non-hydrogen) atoms. The van der Waals surface area contributed by atoms with Gasteiger partial charge in [0.2, 0.25) is 0 Å². The molecule has 0 aromatic carbocycles. The Balaban J connectivity index is 2.44. The van der Waals surface area contributed by atoms with Crippen LogP contribution in [0.3, 0.4) is 0 Å². The summed E-state index contributed by atoms with van der Waals surface area (Å²) in [5, 5.41) is 0. The van der Waals surface area contributed by atoms with Crippen LogP contribution in [0.4, 0.5) is 0 Å². The first kappa shape index (κ1) is 7.48. The molecular formula is C8H12O2. The topological polar surface area (TPSA) is 26.3 Å². The Labute approximate surface area is 60.9 Å². The van der Waals surface area contributed by atoms with Gasteiger partial charge in [-0.05, 0) is 25.8 Å². The molecule has 0 aromatic rings. The maximum atomic E-state index is 10.9. The Morgan fingerprint density at radius 2 is 2.40 bits per heavy atom. The quantitative estimate of drug-likeness (QED) is 0.540. The van der Waals surface area contributed by atoms with Crippen molar-refractivity contribution in [1.82, 2.24) is 0 Å². The van der Waals surface area contributed by atoms with Crippen LogP contribution in [-0.4, -0.2) is 18.0 Å². The van der Waals surface area contributed by atoms with Crippen LogP contribution in [0.1, 0.15) is 19.8 Å². The third kappa shape index (κ3) is 1.45. The normalized spacial score (nSPS) is 32.1. The van der Waals surface area contributed by atoms with Crippen molar-refractivity contribution >= 4 is 5.78 Å². The maximum Gasteiger partial charge on any atom is 0.183 e. The van der Waals surface area contributed by atoms with E-state index in [0.29, 0.717) is 0 Å². The van der Waals surface area contributed by atoms with E-state index in [2.05, 4.69) is 6.58 Å². The van der Waals surface area contributed by atoms with Gasteiger partial charge in [-0.25, -0.2) is 0 Å². The van der Waals surface area contributed by atoms with Crippen molar-refractivity contribution in [2.24, 2.45) is 0 Å². The Bertz CT molecular complexity index is 151. The lowest BCUT2D eigenvalue weighted by Gasteiger charge is -2.05. The van der Waals surface area contributed by atoms with E-state index in [1.54, 1.807) is 0 Å². The van der Waals surface area contributed by atoms with Crippen LogP contribution in [0.2, 0.25) is 0 Å². The molecular weight excluding hydrogens is 128 g/mol. The van der Waals surface area contributed by atoms with Gasteiger partial charge < -0.3 is 4.74 Å². The summed E-state index contributed by atoms with van der Waals surface area (Å²) in [4.78, 5) is 10.9. The number of ketones is 1. The summed E-state index contributed by atoms with van der Waals surface area (Å²) >= 11 is 0.